The van der Waals surface area contributed by atoms with Crippen LogP contribution in [0, 0.1) is 0 Å². The zero-order chi connectivity index (χ0) is 20.9. The Morgan fingerprint density at radius 2 is 1.14 bits per heavy atom. The SMILES string of the molecule is CC(C)(OC(=O)C(Oc1ccccc1)C(C)(C)c1ccccc1)c1ccccc1. The van der Waals surface area contributed by atoms with Gasteiger partial charge in [0.2, 0.25) is 6.10 Å². The molecule has 3 aromatic carbocycles. The standard InChI is InChI=1S/C26H28O3/c1-25(2,20-14-8-5-9-15-20)23(28-22-18-12-7-13-19-22)24(27)29-26(3,4)21-16-10-6-11-17-21/h5-19,23H,1-4H3. The summed E-state index contributed by atoms with van der Waals surface area (Å²) in [5.74, 6) is 0.243. The highest BCUT2D eigenvalue weighted by molar-refractivity contribution is 5.78. The van der Waals surface area contributed by atoms with Crippen LogP contribution in [0.5, 0.6) is 5.75 Å². The van der Waals surface area contributed by atoms with Crippen molar-refractivity contribution >= 4 is 5.97 Å². The highest BCUT2D eigenvalue weighted by Gasteiger charge is 2.42. The average molecular weight is 389 g/mol. The fourth-order valence-electron chi connectivity index (χ4n) is 3.35. The Balaban J connectivity index is 1.93. The van der Waals surface area contributed by atoms with Crippen LogP contribution in [0.2, 0.25) is 0 Å². The van der Waals surface area contributed by atoms with E-state index in [0.717, 1.165) is 11.1 Å². The summed E-state index contributed by atoms with van der Waals surface area (Å²) in [5, 5.41) is 0. The van der Waals surface area contributed by atoms with Gasteiger partial charge in [0.1, 0.15) is 11.4 Å². The molecule has 0 heterocycles. The summed E-state index contributed by atoms with van der Waals surface area (Å²) >= 11 is 0. The van der Waals surface area contributed by atoms with Gasteiger partial charge in [-0.25, -0.2) is 4.79 Å². The van der Waals surface area contributed by atoms with Gasteiger partial charge in [0, 0.05) is 5.41 Å². The summed E-state index contributed by atoms with van der Waals surface area (Å²) in [6.45, 7) is 7.81. The molecule has 0 aromatic heterocycles. The number of ether oxygens (including phenoxy) is 2. The molecule has 3 nitrogen and oxygen atoms in total. The molecular formula is C26H28O3. The number of esters is 1. The first-order chi connectivity index (χ1) is 13.8. The molecule has 150 valence electrons. The second kappa shape index (κ2) is 8.52. The Hall–Kier alpha value is -3.07. The third-order valence-corrected chi connectivity index (χ3v) is 5.21. The molecule has 0 N–H and O–H groups in total. The summed E-state index contributed by atoms with van der Waals surface area (Å²) in [7, 11) is 0. The molecule has 3 aromatic rings. The summed E-state index contributed by atoms with van der Waals surface area (Å²) in [4.78, 5) is 13.4. The zero-order valence-corrected chi connectivity index (χ0v) is 17.5. The Bertz CT molecular complexity index is 916. The number of hydrogen-bond donors (Lipinski definition) is 0. The molecule has 0 saturated carbocycles. The van der Waals surface area contributed by atoms with Crippen LogP contribution >= 0.6 is 0 Å². The number of carbonyl (C=O) groups excluding carboxylic acids is 1. The molecule has 0 amide bonds. The largest absolute Gasteiger partial charge is 0.478 e. The van der Waals surface area contributed by atoms with Crippen LogP contribution in [0.15, 0.2) is 91.0 Å². The molecule has 0 aliphatic heterocycles. The molecule has 1 unspecified atom stereocenters. The normalized spacial score (nSPS) is 12.8. The van der Waals surface area contributed by atoms with Crippen molar-refractivity contribution in [3.05, 3.63) is 102 Å². The molecule has 0 fully saturated rings. The summed E-state index contributed by atoms with van der Waals surface area (Å²) < 4.78 is 12.2. The maximum Gasteiger partial charge on any atom is 0.349 e. The maximum absolute atomic E-state index is 13.4. The molecule has 0 spiro atoms. The number of benzene rings is 3. The maximum atomic E-state index is 13.4. The first kappa shape index (κ1) is 20.7. The second-order valence-electron chi connectivity index (χ2n) is 8.20. The van der Waals surface area contributed by atoms with Crippen LogP contribution in [0.4, 0.5) is 0 Å². The highest BCUT2D eigenvalue weighted by Crippen LogP contribution is 2.33. The third-order valence-electron chi connectivity index (χ3n) is 5.21. The quantitative estimate of drug-likeness (QED) is 0.473. The minimum atomic E-state index is -0.810. The van der Waals surface area contributed by atoms with Crippen molar-refractivity contribution in [1.29, 1.82) is 0 Å². The molecule has 3 rings (SSSR count). The molecular weight excluding hydrogens is 360 g/mol. The van der Waals surface area contributed by atoms with Gasteiger partial charge in [0.05, 0.1) is 0 Å². The lowest BCUT2D eigenvalue weighted by atomic mass is 9.79. The summed E-state index contributed by atoms with van der Waals surface area (Å²) in [6, 6.07) is 29.1. The third kappa shape index (κ3) is 4.86. The van der Waals surface area contributed by atoms with E-state index < -0.39 is 23.1 Å². The van der Waals surface area contributed by atoms with E-state index in [9.17, 15) is 4.79 Å². The van der Waals surface area contributed by atoms with Gasteiger partial charge >= 0.3 is 5.97 Å². The first-order valence-corrected chi connectivity index (χ1v) is 9.86. The Kier molecular flexibility index (Phi) is 6.07. The predicted octanol–water partition coefficient (Wildman–Crippen LogP) is 5.89. The minimum Gasteiger partial charge on any atom is -0.478 e. The van der Waals surface area contributed by atoms with E-state index in [-0.39, 0.29) is 0 Å². The van der Waals surface area contributed by atoms with E-state index in [0.29, 0.717) is 5.75 Å². The molecule has 0 radical (unpaired) electrons. The van der Waals surface area contributed by atoms with E-state index in [1.807, 2.05) is 119 Å². The predicted molar refractivity (Wildman–Crippen MR) is 116 cm³/mol. The summed E-state index contributed by atoms with van der Waals surface area (Å²) in [6.07, 6.45) is -0.810. The Labute approximate surface area is 173 Å². The van der Waals surface area contributed by atoms with Crippen LogP contribution in [-0.2, 0) is 20.5 Å². The Morgan fingerprint density at radius 1 is 0.690 bits per heavy atom. The topological polar surface area (TPSA) is 35.5 Å². The monoisotopic (exact) mass is 388 g/mol. The van der Waals surface area contributed by atoms with Gasteiger partial charge in [-0.1, -0.05) is 92.7 Å². The Morgan fingerprint density at radius 3 is 1.66 bits per heavy atom. The van der Waals surface area contributed by atoms with Crippen molar-refractivity contribution in [2.75, 3.05) is 0 Å². The van der Waals surface area contributed by atoms with Gasteiger partial charge in [0.25, 0.3) is 0 Å². The van der Waals surface area contributed by atoms with Crippen LogP contribution in [-0.4, -0.2) is 12.1 Å². The number of carbonyl (C=O) groups is 1. The zero-order valence-electron chi connectivity index (χ0n) is 17.5. The fourth-order valence-corrected chi connectivity index (χ4v) is 3.35. The lowest BCUT2D eigenvalue weighted by molar-refractivity contribution is -0.169. The van der Waals surface area contributed by atoms with Crippen LogP contribution in [0.1, 0.15) is 38.8 Å². The summed E-state index contributed by atoms with van der Waals surface area (Å²) in [5.41, 5.74) is 0.574. The van der Waals surface area contributed by atoms with E-state index in [1.54, 1.807) is 0 Å². The van der Waals surface area contributed by atoms with Gasteiger partial charge in [-0.15, -0.1) is 0 Å². The van der Waals surface area contributed by atoms with Crippen molar-refractivity contribution in [1.82, 2.24) is 0 Å². The van der Waals surface area contributed by atoms with E-state index in [4.69, 9.17) is 9.47 Å². The van der Waals surface area contributed by atoms with Gasteiger partial charge in [-0.2, -0.15) is 0 Å². The molecule has 0 aliphatic carbocycles. The highest BCUT2D eigenvalue weighted by atomic mass is 16.6. The molecule has 0 bridgehead atoms. The van der Waals surface area contributed by atoms with Crippen LogP contribution in [0.25, 0.3) is 0 Å². The van der Waals surface area contributed by atoms with E-state index in [1.165, 1.54) is 0 Å². The number of rotatable bonds is 7. The molecule has 0 saturated heterocycles. The van der Waals surface area contributed by atoms with E-state index in [2.05, 4.69) is 0 Å². The van der Waals surface area contributed by atoms with E-state index >= 15 is 0 Å². The lowest BCUT2D eigenvalue weighted by Gasteiger charge is -2.36. The minimum absolute atomic E-state index is 0.392. The van der Waals surface area contributed by atoms with Crippen molar-refractivity contribution in [3.63, 3.8) is 0 Å². The van der Waals surface area contributed by atoms with Gasteiger partial charge in [-0.05, 0) is 37.1 Å². The first-order valence-electron chi connectivity index (χ1n) is 9.86. The van der Waals surface area contributed by atoms with Gasteiger partial charge in [0.15, 0.2) is 0 Å². The second-order valence-corrected chi connectivity index (χ2v) is 8.20. The van der Waals surface area contributed by atoms with Gasteiger partial charge in [-0.3, -0.25) is 0 Å². The van der Waals surface area contributed by atoms with Crippen LogP contribution in [0.3, 0.4) is 0 Å². The molecule has 0 aliphatic rings. The van der Waals surface area contributed by atoms with Gasteiger partial charge < -0.3 is 9.47 Å². The van der Waals surface area contributed by atoms with Crippen molar-refractivity contribution < 1.29 is 14.3 Å². The molecule has 3 heteroatoms. The smallest absolute Gasteiger partial charge is 0.349 e. The fraction of sp³-hybridized carbons (Fsp3) is 0.269. The van der Waals surface area contributed by atoms with Crippen molar-refractivity contribution in [3.8, 4) is 5.75 Å². The lowest BCUT2D eigenvalue weighted by Crippen LogP contribution is -2.47. The number of para-hydroxylation sites is 1. The molecule has 29 heavy (non-hydrogen) atoms. The van der Waals surface area contributed by atoms with Crippen molar-refractivity contribution in [2.24, 2.45) is 0 Å². The van der Waals surface area contributed by atoms with Crippen LogP contribution < -0.4 is 4.74 Å². The van der Waals surface area contributed by atoms with Crippen molar-refractivity contribution in [2.45, 2.75) is 44.8 Å². The number of hydrogen-bond acceptors (Lipinski definition) is 3. The average Bonchev–Trinajstić information content (AvgIpc) is 2.73. The molecule has 1 atom stereocenters.